The maximum Gasteiger partial charge on any atom is 0.469 e. The van der Waals surface area contributed by atoms with Crippen LogP contribution in [0.15, 0.2) is 30.5 Å². The molecule has 0 aliphatic carbocycles. The van der Waals surface area contributed by atoms with Crippen molar-refractivity contribution < 1.29 is 62.3 Å². The number of aliphatic carboxylic acids is 1. The minimum atomic E-state index is -5.20. The fourth-order valence-electron chi connectivity index (χ4n) is 6.17. The number of hydrogen-bond donors (Lipinski definition) is 11. The first-order valence-corrected chi connectivity index (χ1v) is 20.6. The fraction of sp³-hybridized carbons (Fsp3) is 0.568. The van der Waals surface area contributed by atoms with Crippen LogP contribution in [0.3, 0.4) is 0 Å². The molecule has 1 aromatic carbocycles. The third-order valence-corrected chi connectivity index (χ3v) is 10.0. The van der Waals surface area contributed by atoms with Crippen LogP contribution in [0.2, 0.25) is 0 Å². The number of aromatic amines is 1. The van der Waals surface area contributed by atoms with Gasteiger partial charge >= 0.3 is 13.8 Å². The number of hydrogen-bond acceptors (Lipinski definition) is 10. The lowest BCUT2D eigenvalue weighted by Crippen LogP contribution is -2.62. The molecule has 1 saturated heterocycles. The molecule has 0 bridgehead atoms. The second kappa shape index (κ2) is 21.1. The van der Waals surface area contributed by atoms with Gasteiger partial charge in [0.1, 0.15) is 42.3 Å². The lowest BCUT2D eigenvalue weighted by atomic mass is 9.97. The molecule has 7 atom stereocenters. The third-order valence-electron chi connectivity index (χ3n) is 9.56. The van der Waals surface area contributed by atoms with Gasteiger partial charge in [0.2, 0.25) is 41.4 Å². The van der Waals surface area contributed by atoms with Gasteiger partial charge in [0.25, 0.3) is 0 Å². The summed E-state index contributed by atoms with van der Waals surface area (Å²) in [5.41, 5.74) is 1.27. The number of fused-ring (bicyclic) bond motifs is 1. The summed E-state index contributed by atoms with van der Waals surface area (Å²) < 4.78 is 16.1. The number of amides is 7. The SMILES string of the molecule is CC(NC(=O)C1CCC(=O)N1)C(=O)NC(C(=O)NC(C(=O)NC(C(=O)NC(COP(=O)(O)O)C(=O)NC(Cc1c[nH]c2ccccc12)C(=O)O)C(C)C)C(C)C)C(C)C. The van der Waals surface area contributed by atoms with Crippen LogP contribution >= 0.6 is 7.82 Å². The Kier molecular flexibility index (Phi) is 17.1. The molecule has 11 N–H and O–H groups in total. The average molecular weight is 851 g/mol. The van der Waals surface area contributed by atoms with Crippen LogP contribution in [0.5, 0.6) is 0 Å². The summed E-state index contributed by atoms with van der Waals surface area (Å²) in [5, 5.41) is 28.0. The van der Waals surface area contributed by atoms with Crippen molar-refractivity contribution in [2.24, 2.45) is 17.8 Å². The van der Waals surface area contributed by atoms with Gasteiger partial charge in [-0.1, -0.05) is 59.7 Å². The molecule has 1 aromatic heterocycles. The molecule has 0 saturated carbocycles. The predicted molar refractivity (Wildman–Crippen MR) is 211 cm³/mol. The van der Waals surface area contributed by atoms with Crippen LogP contribution in [0.4, 0.5) is 0 Å². The quantitative estimate of drug-likeness (QED) is 0.0678. The van der Waals surface area contributed by atoms with E-state index in [0.717, 1.165) is 5.52 Å². The van der Waals surface area contributed by atoms with Crippen molar-refractivity contribution in [1.29, 1.82) is 0 Å². The lowest BCUT2D eigenvalue weighted by Gasteiger charge is -2.30. The van der Waals surface area contributed by atoms with Crippen molar-refractivity contribution in [3.8, 4) is 0 Å². The minimum Gasteiger partial charge on any atom is -0.480 e. The van der Waals surface area contributed by atoms with Gasteiger partial charge in [0.05, 0.1) is 6.61 Å². The van der Waals surface area contributed by atoms with Gasteiger partial charge in [0.15, 0.2) is 0 Å². The van der Waals surface area contributed by atoms with E-state index in [0.29, 0.717) is 10.9 Å². The van der Waals surface area contributed by atoms with Crippen molar-refractivity contribution in [1.82, 2.24) is 42.2 Å². The molecule has 59 heavy (non-hydrogen) atoms. The fourth-order valence-corrected chi connectivity index (χ4v) is 6.51. The number of aromatic nitrogens is 1. The monoisotopic (exact) mass is 850 g/mol. The van der Waals surface area contributed by atoms with Gasteiger partial charge in [-0.05, 0) is 42.7 Å². The number of carbonyl (C=O) groups excluding carboxylic acids is 7. The molecule has 21 nitrogen and oxygen atoms in total. The highest BCUT2D eigenvalue weighted by atomic mass is 31.2. The highest BCUT2D eigenvalue weighted by Crippen LogP contribution is 2.35. The van der Waals surface area contributed by atoms with E-state index in [1.54, 1.807) is 72.0 Å². The normalized spacial score (nSPS) is 17.3. The number of carbonyl (C=O) groups is 8. The summed E-state index contributed by atoms with van der Waals surface area (Å²) in [6.45, 7) is 9.97. The van der Waals surface area contributed by atoms with E-state index in [4.69, 9.17) is 0 Å². The maximum absolute atomic E-state index is 13.7. The number of H-pyrrole nitrogens is 1. The minimum absolute atomic E-state index is 0.177. The number of phosphoric ester groups is 1. The van der Waals surface area contributed by atoms with Gasteiger partial charge in [-0.15, -0.1) is 0 Å². The zero-order chi connectivity index (χ0) is 44.4. The summed E-state index contributed by atoms with van der Waals surface area (Å²) in [6, 6.07) is -2.07. The second-order valence-electron chi connectivity index (χ2n) is 15.4. The Morgan fingerprint density at radius 1 is 0.746 bits per heavy atom. The molecule has 0 radical (unpaired) electrons. The summed E-state index contributed by atoms with van der Waals surface area (Å²) in [5.74, 6) is -8.44. The first-order valence-electron chi connectivity index (χ1n) is 19.1. The highest BCUT2D eigenvalue weighted by molar-refractivity contribution is 7.46. The molecule has 1 aliphatic rings. The van der Waals surface area contributed by atoms with E-state index < -0.39 is 116 Å². The maximum atomic E-state index is 13.7. The zero-order valence-electron chi connectivity index (χ0n) is 33.9. The first kappa shape index (κ1) is 48.0. The van der Waals surface area contributed by atoms with Crippen LogP contribution in [-0.4, -0.2) is 116 Å². The molecule has 7 amide bonds. The Balaban J connectivity index is 1.73. The Morgan fingerprint density at radius 2 is 1.25 bits per heavy atom. The van der Waals surface area contributed by atoms with Crippen molar-refractivity contribution in [3.05, 3.63) is 36.0 Å². The molecule has 3 rings (SSSR count). The Bertz CT molecular complexity index is 1930. The summed E-state index contributed by atoms with van der Waals surface area (Å²) in [7, 11) is -5.20. The van der Waals surface area contributed by atoms with Crippen LogP contribution in [-0.2, 0) is 53.9 Å². The number of benzene rings is 1. The van der Waals surface area contributed by atoms with E-state index in [-0.39, 0.29) is 25.2 Å². The van der Waals surface area contributed by atoms with E-state index in [1.165, 1.54) is 6.92 Å². The van der Waals surface area contributed by atoms with Crippen molar-refractivity contribution in [2.75, 3.05) is 6.61 Å². The number of carboxylic acid groups (broad SMARTS) is 1. The van der Waals surface area contributed by atoms with Crippen molar-refractivity contribution >= 4 is 66.0 Å². The number of nitrogens with one attached hydrogen (secondary N) is 8. The molecule has 1 aliphatic heterocycles. The Morgan fingerprint density at radius 3 is 1.75 bits per heavy atom. The summed E-state index contributed by atoms with van der Waals surface area (Å²) in [4.78, 5) is 125. The summed E-state index contributed by atoms with van der Waals surface area (Å²) >= 11 is 0. The lowest BCUT2D eigenvalue weighted by molar-refractivity contribution is -0.142. The molecule has 326 valence electrons. The van der Waals surface area contributed by atoms with E-state index >= 15 is 0 Å². The standard InChI is InChI=1S/C37H55N8O13P/c1-17(2)28(34(50)42-26(16-58-59(55,56)57)33(49)41-25(37(53)54)14-21-15-38-23-11-9-8-10-22(21)23)44-36(52)30(19(5)6)45-35(51)29(18(3)4)43-31(47)20(7)39-32(48)24-12-13-27(46)40-24/h8-11,15,17-20,24-26,28-30,38H,12-14,16H2,1-7H3,(H,39,48)(H,40,46)(H,41,49)(H,42,50)(H,43,47)(H,44,52)(H,45,51)(H,53,54)(H2,55,56,57). The van der Waals surface area contributed by atoms with Gasteiger partial charge < -0.3 is 57.1 Å². The van der Waals surface area contributed by atoms with Gasteiger partial charge in [-0.3, -0.25) is 38.1 Å². The van der Waals surface area contributed by atoms with E-state index in [9.17, 15) is 57.8 Å². The molecular weight excluding hydrogens is 795 g/mol. The van der Waals surface area contributed by atoms with E-state index in [1.807, 2.05) is 0 Å². The molecular formula is C37H55N8O13P. The molecule has 0 spiro atoms. The van der Waals surface area contributed by atoms with Gasteiger partial charge in [-0.25, -0.2) is 9.36 Å². The average Bonchev–Trinajstić information content (AvgIpc) is 3.77. The number of rotatable bonds is 21. The van der Waals surface area contributed by atoms with Crippen LogP contribution in [0, 0.1) is 17.8 Å². The first-order chi connectivity index (χ1) is 27.5. The van der Waals surface area contributed by atoms with Crippen molar-refractivity contribution in [2.45, 2.75) is 110 Å². The molecule has 2 heterocycles. The molecule has 22 heteroatoms. The van der Waals surface area contributed by atoms with Crippen molar-refractivity contribution in [3.63, 3.8) is 0 Å². The van der Waals surface area contributed by atoms with Crippen LogP contribution < -0.4 is 37.2 Å². The molecule has 1 fully saturated rings. The number of para-hydroxylation sites is 1. The third kappa shape index (κ3) is 14.2. The highest BCUT2D eigenvalue weighted by Gasteiger charge is 2.37. The largest absolute Gasteiger partial charge is 0.480 e. The zero-order valence-corrected chi connectivity index (χ0v) is 34.8. The Labute approximate surface area is 340 Å². The summed E-state index contributed by atoms with van der Waals surface area (Å²) in [6.07, 6.45) is 1.83. The number of carboxylic acids is 1. The van der Waals surface area contributed by atoms with E-state index in [2.05, 4.69) is 46.7 Å². The Hall–Kier alpha value is -5.37. The second-order valence-corrected chi connectivity index (χ2v) is 16.6. The van der Waals surface area contributed by atoms with Crippen LogP contribution in [0.1, 0.15) is 66.9 Å². The molecule has 7 unspecified atom stereocenters. The molecule has 2 aromatic rings. The van der Waals surface area contributed by atoms with Gasteiger partial charge in [-0.2, -0.15) is 0 Å². The topological polar surface area (TPSA) is 324 Å². The van der Waals surface area contributed by atoms with Crippen LogP contribution in [0.25, 0.3) is 10.9 Å². The number of phosphoric acid groups is 1. The predicted octanol–water partition coefficient (Wildman–Crippen LogP) is -0.920. The van der Waals surface area contributed by atoms with Gasteiger partial charge in [0, 0.05) is 29.9 Å². The smallest absolute Gasteiger partial charge is 0.469 e.